The van der Waals surface area contributed by atoms with Crippen LogP contribution in [0.4, 0.5) is 0 Å². The Morgan fingerprint density at radius 2 is 1.62 bits per heavy atom. The predicted octanol–water partition coefficient (Wildman–Crippen LogP) is 4.01. The number of hydrogen-bond acceptors (Lipinski definition) is 1. The van der Waals surface area contributed by atoms with Crippen LogP contribution in [-0.4, -0.2) is 4.98 Å². The topological polar surface area (TPSA) is 18.8 Å². The van der Waals surface area contributed by atoms with Crippen molar-refractivity contribution in [3.05, 3.63) is 72.9 Å². The third kappa shape index (κ3) is 1.80. The standard InChI is InChI=1S/C19H15N2/c1-13-9-11-15(12-10-13)19-20-16-7-3-5-14-6-4-8-17(18(14)16)21(19)2/h3-12H,2H2,1H3/q+1. The van der Waals surface area contributed by atoms with Gasteiger partial charge in [-0.15, -0.1) is 0 Å². The van der Waals surface area contributed by atoms with Crippen LogP contribution in [0.1, 0.15) is 5.56 Å². The van der Waals surface area contributed by atoms with E-state index in [9.17, 15) is 0 Å². The molecule has 0 atom stereocenters. The van der Waals surface area contributed by atoms with Crippen molar-refractivity contribution in [2.45, 2.75) is 6.92 Å². The number of aromatic nitrogens is 2. The summed E-state index contributed by atoms with van der Waals surface area (Å²) in [6, 6.07) is 20.9. The van der Waals surface area contributed by atoms with Crippen molar-refractivity contribution >= 4 is 21.8 Å². The summed E-state index contributed by atoms with van der Waals surface area (Å²) in [6.07, 6.45) is 0. The fourth-order valence-corrected chi connectivity index (χ4v) is 2.83. The molecule has 1 heterocycles. The van der Waals surface area contributed by atoms with Gasteiger partial charge in [0.2, 0.25) is 0 Å². The van der Waals surface area contributed by atoms with E-state index in [1.807, 2.05) is 4.24 Å². The molecule has 0 amide bonds. The molecule has 100 valence electrons. The summed E-state index contributed by atoms with van der Waals surface area (Å²) in [6.45, 7) is 6.29. The van der Waals surface area contributed by atoms with Crippen molar-refractivity contribution in [1.29, 1.82) is 0 Å². The minimum absolute atomic E-state index is 0.890. The van der Waals surface area contributed by atoms with Crippen molar-refractivity contribution in [2.24, 2.45) is 0 Å². The highest BCUT2D eigenvalue weighted by Crippen LogP contribution is 2.25. The average molecular weight is 271 g/mol. The molecule has 2 nitrogen and oxygen atoms in total. The number of benzene rings is 3. The predicted molar refractivity (Wildman–Crippen MR) is 86.0 cm³/mol. The molecule has 0 aliphatic rings. The van der Waals surface area contributed by atoms with Crippen LogP contribution < -0.4 is 4.24 Å². The summed E-state index contributed by atoms with van der Waals surface area (Å²) in [5.74, 6) is 0.890. The molecule has 21 heavy (non-hydrogen) atoms. The molecular weight excluding hydrogens is 256 g/mol. The normalized spacial score (nSPS) is 11.3. The second kappa shape index (κ2) is 4.38. The lowest BCUT2D eigenvalue weighted by atomic mass is 10.1. The molecule has 0 aliphatic carbocycles. The smallest absolute Gasteiger partial charge is 0.202 e. The SMILES string of the molecule is C=[n+]1c(-c2ccc(C)cc2)nc2cccc3cccc1c32. The second-order valence-corrected chi connectivity index (χ2v) is 5.38. The zero-order valence-electron chi connectivity index (χ0n) is 11.9. The summed E-state index contributed by atoms with van der Waals surface area (Å²) in [4.78, 5) is 4.82. The molecule has 4 rings (SSSR count). The third-order valence-corrected chi connectivity index (χ3v) is 3.94. The Labute approximate surface area is 123 Å². The first-order chi connectivity index (χ1) is 10.2. The first-order valence-corrected chi connectivity index (χ1v) is 7.02. The number of aryl methyl sites for hydroxylation is 1. The van der Waals surface area contributed by atoms with Gasteiger partial charge >= 0.3 is 5.82 Å². The summed E-state index contributed by atoms with van der Waals surface area (Å²) >= 11 is 0. The maximum Gasteiger partial charge on any atom is 0.335 e. The van der Waals surface area contributed by atoms with Crippen LogP contribution in [0.15, 0.2) is 60.7 Å². The molecule has 0 fully saturated rings. The van der Waals surface area contributed by atoms with E-state index in [-0.39, 0.29) is 0 Å². The van der Waals surface area contributed by atoms with E-state index in [2.05, 4.69) is 74.3 Å². The summed E-state index contributed by atoms with van der Waals surface area (Å²) in [7, 11) is 0. The molecule has 0 unspecified atom stereocenters. The van der Waals surface area contributed by atoms with Crippen molar-refractivity contribution in [1.82, 2.24) is 4.98 Å². The molecule has 0 bridgehead atoms. The van der Waals surface area contributed by atoms with Gasteiger partial charge < -0.3 is 0 Å². The largest absolute Gasteiger partial charge is 0.335 e. The first kappa shape index (κ1) is 12.0. The van der Waals surface area contributed by atoms with Gasteiger partial charge in [0.05, 0.1) is 17.7 Å². The molecule has 3 aromatic carbocycles. The van der Waals surface area contributed by atoms with Crippen LogP contribution in [-0.2, 0) is 0 Å². The molecule has 0 saturated heterocycles. The van der Waals surface area contributed by atoms with Gasteiger partial charge in [0, 0.05) is 0 Å². The van der Waals surface area contributed by atoms with Gasteiger partial charge in [-0.2, -0.15) is 0 Å². The van der Waals surface area contributed by atoms with E-state index < -0.39 is 0 Å². The minimum atomic E-state index is 0.890. The lowest BCUT2D eigenvalue weighted by Gasteiger charge is -2.03. The fourth-order valence-electron chi connectivity index (χ4n) is 2.83. The van der Waals surface area contributed by atoms with Crippen LogP contribution in [0.5, 0.6) is 0 Å². The van der Waals surface area contributed by atoms with Crippen LogP contribution >= 0.6 is 0 Å². The maximum absolute atomic E-state index is 4.82. The van der Waals surface area contributed by atoms with Crippen molar-refractivity contribution in [3.8, 4) is 11.4 Å². The molecular formula is C19H15N2+. The zero-order chi connectivity index (χ0) is 14.4. The number of rotatable bonds is 1. The zero-order valence-corrected chi connectivity index (χ0v) is 11.9. The number of nitrogens with zero attached hydrogens (tertiary/aromatic N) is 2. The first-order valence-electron chi connectivity index (χ1n) is 7.02. The molecule has 0 N–H and O–H groups in total. The van der Waals surface area contributed by atoms with Gasteiger partial charge in [-0.05, 0) is 41.6 Å². The summed E-state index contributed by atoms with van der Waals surface area (Å²) in [5.41, 5.74) is 4.45. The van der Waals surface area contributed by atoms with Gasteiger partial charge in [-0.1, -0.05) is 42.0 Å². The van der Waals surface area contributed by atoms with Crippen LogP contribution in [0.3, 0.4) is 0 Å². The quantitative estimate of drug-likeness (QED) is 0.479. The van der Waals surface area contributed by atoms with E-state index in [4.69, 9.17) is 4.98 Å². The Kier molecular flexibility index (Phi) is 2.51. The van der Waals surface area contributed by atoms with E-state index in [0.717, 1.165) is 22.4 Å². The van der Waals surface area contributed by atoms with E-state index in [0.29, 0.717) is 0 Å². The van der Waals surface area contributed by atoms with Gasteiger partial charge in [-0.25, -0.2) is 4.24 Å². The summed E-state index contributed by atoms with van der Waals surface area (Å²) < 4.78 is 1.93. The fraction of sp³-hybridized carbons (Fsp3) is 0.0526. The average Bonchev–Trinajstić information content (AvgIpc) is 2.52. The van der Waals surface area contributed by atoms with E-state index >= 15 is 0 Å². The highest BCUT2D eigenvalue weighted by molar-refractivity contribution is 6.05. The van der Waals surface area contributed by atoms with Crippen LogP contribution in [0.2, 0.25) is 0 Å². The van der Waals surface area contributed by atoms with Gasteiger partial charge in [0.1, 0.15) is 5.52 Å². The van der Waals surface area contributed by atoms with Crippen molar-refractivity contribution < 1.29 is 4.24 Å². The highest BCUT2D eigenvalue weighted by Gasteiger charge is 2.17. The van der Waals surface area contributed by atoms with Gasteiger partial charge in [0.15, 0.2) is 5.52 Å². The van der Waals surface area contributed by atoms with E-state index in [1.165, 1.54) is 16.3 Å². The van der Waals surface area contributed by atoms with Crippen LogP contribution in [0, 0.1) is 13.6 Å². The maximum atomic E-state index is 4.82. The monoisotopic (exact) mass is 271 g/mol. The molecule has 0 radical (unpaired) electrons. The lowest BCUT2D eigenvalue weighted by molar-refractivity contribution is -0.458. The van der Waals surface area contributed by atoms with Gasteiger partial charge in [-0.3, -0.25) is 0 Å². The van der Waals surface area contributed by atoms with Crippen molar-refractivity contribution in [2.75, 3.05) is 0 Å². The molecule has 1 aromatic heterocycles. The van der Waals surface area contributed by atoms with E-state index in [1.54, 1.807) is 0 Å². The molecule has 0 aliphatic heterocycles. The minimum Gasteiger partial charge on any atom is -0.202 e. The molecule has 4 aromatic rings. The highest BCUT2D eigenvalue weighted by atomic mass is 14.9. The Morgan fingerprint density at radius 3 is 2.38 bits per heavy atom. The lowest BCUT2D eigenvalue weighted by Crippen LogP contribution is -2.20. The Bertz CT molecular complexity index is 996. The van der Waals surface area contributed by atoms with Crippen LogP contribution in [0.25, 0.3) is 33.2 Å². The molecule has 0 spiro atoms. The second-order valence-electron chi connectivity index (χ2n) is 5.38. The third-order valence-electron chi connectivity index (χ3n) is 3.94. The molecule has 0 saturated carbocycles. The number of hydrogen-bond donors (Lipinski definition) is 0. The van der Waals surface area contributed by atoms with Crippen molar-refractivity contribution in [3.63, 3.8) is 0 Å². The Balaban J connectivity index is 2.14. The Hall–Kier alpha value is -2.74. The Morgan fingerprint density at radius 1 is 0.905 bits per heavy atom. The van der Waals surface area contributed by atoms with Gasteiger partial charge in [0.25, 0.3) is 0 Å². The summed E-state index contributed by atoms with van der Waals surface area (Å²) in [5, 5.41) is 2.37. The molecule has 2 heteroatoms.